The van der Waals surface area contributed by atoms with Crippen molar-refractivity contribution < 1.29 is 18.7 Å². The van der Waals surface area contributed by atoms with Crippen molar-refractivity contribution in [1.82, 2.24) is 10.2 Å². The van der Waals surface area contributed by atoms with Crippen LogP contribution in [0.3, 0.4) is 0 Å². The summed E-state index contributed by atoms with van der Waals surface area (Å²) in [6, 6.07) is 7.03. The topological polar surface area (TPSA) is 74.5 Å². The first kappa shape index (κ1) is 13.1. The third-order valence-electron chi connectivity index (χ3n) is 2.29. The van der Waals surface area contributed by atoms with E-state index >= 15 is 0 Å². The van der Waals surface area contributed by atoms with E-state index in [9.17, 15) is 4.79 Å². The highest BCUT2D eigenvalue weighted by molar-refractivity contribution is 5.71. The quantitative estimate of drug-likeness (QED) is 0.767. The van der Waals surface area contributed by atoms with Crippen LogP contribution in [0.2, 0.25) is 0 Å². The second-order valence-corrected chi connectivity index (χ2v) is 3.74. The summed E-state index contributed by atoms with van der Waals surface area (Å²) in [6.07, 6.45) is 0. The van der Waals surface area contributed by atoms with Crippen LogP contribution in [-0.2, 0) is 9.53 Å². The third-order valence-corrected chi connectivity index (χ3v) is 2.29. The highest BCUT2D eigenvalue weighted by Gasteiger charge is 2.07. The van der Waals surface area contributed by atoms with Crippen LogP contribution in [0, 0.1) is 6.92 Å². The number of aryl methyl sites for hydroxylation is 1. The van der Waals surface area contributed by atoms with E-state index in [0.29, 0.717) is 24.1 Å². The lowest BCUT2D eigenvalue weighted by atomic mass is 10.2. The van der Waals surface area contributed by atoms with Gasteiger partial charge in [0.1, 0.15) is 5.75 Å². The lowest BCUT2D eigenvalue weighted by molar-refractivity contribution is -0.145. The molecule has 6 nitrogen and oxygen atoms in total. The van der Waals surface area contributed by atoms with Crippen molar-refractivity contribution >= 4 is 5.97 Å². The average Bonchev–Trinajstić information content (AvgIpc) is 2.84. The van der Waals surface area contributed by atoms with Crippen molar-refractivity contribution in [2.45, 2.75) is 13.8 Å². The van der Waals surface area contributed by atoms with E-state index < -0.39 is 0 Å². The fraction of sp³-hybridized carbons (Fsp3) is 0.308. The molecule has 0 unspecified atom stereocenters. The van der Waals surface area contributed by atoms with E-state index in [1.165, 1.54) is 0 Å². The molecule has 0 radical (unpaired) electrons. The van der Waals surface area contributed by atoms with Crippen LogP contribution in [0.5, 0.6) is 5.75 Å². The summed E-state index contributed by atoms with van der Waals surface area (Å²) < 4.78 is 15.3. The van der Waals surface area contributed by atoms with Crippen LogP contribution in [0.15, 0.2) is 28.7 Å². The molecule has 100 valence electrons. The zero-order valence-electron chi connectivity index (χ0n) is 10.8. The first-order valence-corrected chi connectivity index (χ1v) is 5.88. The number of rotatable bonds is 5. The van der Waals surface area contributed by atoms with E-state index in [0.717, 1.165) is 5.56 Å². The Hall–Kier alpha value is -2.37. The molecule has 0 amide bonds. The first-order chi connectivity index (χ1) is 9.19. The number of hydrogen-bond acceptors (Lipinski definition) is 6. The monoisotopic (exact) mass is 262 g/mol. The first-order valence-electron chi connectivity index (χ1n) is 5.88. The summed E-state index contributed by atoms with van der Waals surface area (Å²) in [5.41, 5.74) is 0.795. The molecule has 0 aliphatic carbocycles. The molecule has 0 saturated carbocycles. The van der Waals surface area contributed by atoms with Crippen LogP contribution in [0.1, 0.15) is 12.8 Å². The molecule has 6 heteroatoms. The molecule has 1 heterocycles. The Morgan fingerprint density at radius 2 is 2.00 bits per heavy atom. The van der Waals surface area contributed by atoms with Crippen molar-refractivity contribution in [2.75, 3.05) is 13.2 Å². The highest BCUT2D eigenvalue weighted by Crippen LogP contribution is 2.21. The second kappa shape index (κ2) is 5.99. The van der Waals surface area contributed by atoms with E-state index in [1.807, 2.05) is 0 Å². The molecule has 0 saturated heterocycles. The zero-order valence-corrected chi connectivity index (χ0v) is 10.8. The average molecular weight is 262 g/mol. The van der Waals surface area contributed by atoms with Crippen molar-refractivity contribution in [3.8, 4) is 17.2 Å². The lowest BCUT2D eigenvalue weighted by Crippen LogP contribution is -2.14. The number of esters is 1. The van der Waals surface area contributed by atoms with Gasteiger partial charge in [-0.15, -0.1) is 10.2 Å². The third kappa shape index (κ3) is 3.54. The molecule has 0 N–H and O–H groups in total. The van der Waals surface area contributed by atoms with Gasteiger partial charge in [0, 0.05) is 12.5 Å². The fourth-order valence-electron chi connectivity index (χ4n) is 1.45. The maximum absolute atomic E-state index is 11.1. The number of nitrogens with zero attached hydrogens (tertiary/aromatic N) is 2. The molecular formula is C13H14N2O4. The normalized spacial score (nSPS) is 10.2. The maximum atomic E-state index is 11.1. The SMILES string of the molecule is CCOC(=O)COc1ccc(-c2nnc(C)o2)cc1. The van der Waals surface area contributed by atoms with E-state index in [-0.39, 0.29) is 12.6 Å². The molecular weight excluding hydrogens is 248 g/mol. The van der Waals surface area contributed by atoms with Crippen molar-refractivity contribution in [2.24, 2.45) is 0 Å². The number of hydrogen-bond donors (Lipinski definition) is 0. The van der Waals surface area contributed by atoms with Gasteiger partial charge in [0.25, 0.3) is 0 Å². The molecule has 0 aliphatic heterocycles. The van der Waals surface area contributed by atoms with E-state index in [2.05, 4.69) is 10.2 Å². The summed E-state index contributed by atoms with van der Waals surface area (Å²) >= 11 is 0. The molecule has 1 aromatic heterocycles. The Kier molecular flexibility index (Phi) is 4.12. The minimum absolute atomic E-state index is 0.104. The van der Waals surface area contributed by atoms with E-state index in [1.54, 1.807) is 38.1 Å². The van der Waals surface area contributed by atoms with Gasteiger partial charge in [-0.2, -0.15) is 0 Å². The van der Waals surface area contributed by atoms with Crippen LogP contribution in [0.25, 0.3) is 11.5 Å². The second-order valence-electron chi connectivity index (χ2n) is 3.74. The summed E-state index contributed by atoms with van der Waals surface area (Å²) in [5.74, 6) is 1.15. The van der Waals surface area contributed by atoms with E-state index in [4.69, 9.17) is 13.9 Å². The molecule has 0 aliphatic rings. The van der Waals surface area contributed by atoms with Gasteiger partial charge in [0.15, 0.2) is 6.61 Å². The van der Waals surface area contributed by atoms with Gasteiger partial charge in [0.2, 0.25) is 11.8 Å². The van der Waals surface area contributed by atoms with Crippen molar-refractivity contribution in [3.05, 3.63) is 30.2 Å². The highest BCUT2D eigenvalue weighted by atomic mass is 16.6. The molecule has 2 aromatic rings. The van der Waals surface area contributed by atoms with Gasteiger partial charge in [-0.3, -0.25) is 0 Å². The lowest BCUT2D eigenvalue weighted by Gasteiger charge is -2.05. The minimum atomic E-state index is -0.390. The van der Waals surface area contributed by atoms with Crippen LogP contribution < -0.4 is 4.74 Å². The standard InChI is InChI=1S/C13H14N2O4/c1-3-17-12(16)8-18-11-6-4-10(5-7-11)13-15-14-9(2)19-13/h4-7H,3,8H2,1-2H3. The largest absolute Gasteiger partial charge is 0.482 e. The summed E-state index contributed by atoms with van der Waals surface area (Å²) in [5, 5.41) is 7.67. The number of aromatic nitrogens is 2. The molecule has 2 rings (SSSR count). The summed E-state index contributed by atoms with van der Waals surface area (Å²) in [4.78, 5) is 11.1. The van der Waals surface area contributed by atoms with Gasteiger partial charge >= 0.3 is 5.97 Å². The minimum Gasteiger partial charge on any atom is -0.482 e. The molecule has 1 aromatic carbocycles. The van der Waals surface area contributed by atoms with Gasteiger partial charge in [-0.05, 0) is 31.2 Å². The fourth-order valence-corrected chi connectivity index (χ4v) is 1.45. The van der Waals surface area contributed by atoms with Crippen molar-refractivity contribution in [3.63, 3.8) is 0 Å². The van der Waals surface area contributed by atoms with Gasteiger partial charge < -0.3 is 13.9 Å². The smallest absolute Gasteiger partial charge is 0.344 e. The Bertz CT molecular complexity index is 548. The number of benzene rings is 1. The number of ether oxygens (including phenoxy) is 2. The molecule has 0 bridgehead atoms. The van der Waals surface area contributed by atoms with Crippen LogP contribution in [0.4, 0.5) is 0 Å². The molecule has 19 heavy (non-hydrogen) atoms. The maximum Gasteiger partial charge on any atom is 0.344 e. The van der Waals surface area contributed by atoms with Crippen LogP contribution in [-0.4, -0.2) is 29.4 Å². The molecule has 0 spiro atoms. The summed E-state index contributed by atoms with van der Waals surface area (Å²) in [7, 11) is 0. The van der Waals surface area contributed by atoms with Gasteiger partial charge in [-0.25, -0.2) is 4.79 Å². The van der Waals surface area contributed by atoms with Crippen molar-refractivity contribution in [1.29, 1.82) is 0 Å². The van der Waals surface area contributed by atoms with Gasteiger partial charge in [0.05, 0.1) is 6.61 Å². The Morgan fingerprint density at radius 3 is 2.58 bits per heavy atom. The Labute approximate surface area is 110 Å². The predicted molar refractivity (Wildman–Crippen MR) is 66.6 cm³/mol. The summed E-state index contributed by atoms with van der Waals surface area (Å²) in [6.45, 7) is 3.72. The Balaban J connectivity index is 1.97. The number of carbonyl (C=O) groups is 1. The van der Waals surface area contributed by atoms with Gasteiger partial charge in [-0.1, -0.05) is 0 Å². The zero-order chi connectivity index (χ0) is 13.7. The number of carbonyl (C=O) groups excluding carboxylic acids is 1. The molecule has 0 fully saturated rings. The Morgan fingerprint density at radius 1 is 1.26 bits per heavy atom. The predicted octanol–water partition coefficient (Wildman–Crippen LogP) is 1.99. The molecule has 0 atom stereocenters. The van der Waals surface area contributed by atoms with Crippen LogP contribution >= 0.6 is 0 Å².